The summed E-state index contributed by atoms with van der Waals surface area (Å²) in [5, 5.41) is 5.61. The van der Waals surface area contributed by atoms with Crippen LogP contribution in [-0.2, 0) is 4.79 Å². The molecule has 1 atom stereocenters. The first-order valence-electron chi connectivity index (χ1n) is 8.65. The van der Waals surface area contributed by atoms with Gasteiger partial charge in [0.05, 0.1) is 6.04 Å². The van der Waals surface area contributed by atoms with Crippen LogP contribution < -0.4 is 5.32 Å². The molecule has 1 aliphatic rings. The molecule has 1 unspecified atom stereocenters. The van der Waals surface area contributed by atoms with E-state index < -0.39 is 0 Å². The highest BCUT2D eigenvalue weighted by Gasteiger charge is 2.35. The summed E-state index contributed by atoms with van der Waals surface area (Å²) < 4.78 is 0. The topological polar surface area (TPSA) is 32.3 Å². The van der Waals surface area contributed by atoms with Gasteiger partial charge >= 0.3 is 0 Å². The van der Waals surface area contributed by atoms with Crippen molar-refractivity contribution < 1.29 is 4.79 Å². The van der Waals surface area contributed by atoms with Gasteiger partial charge in [0.1, 0.15) is 0 Å². The van der Waals surface area contributed by atoms with Gasteiger partial charge in [-0.15, -0.1) is 0 Å². The van der Waals surface area contributed by atoms with Crippen LogP contribution >= 0.6 is 0 Å². The average molecular weight is 310 g/mol. The zero-order chi connectivity index (χ0) is 16.2. The normalized spacial score (nSPS) is 15.6. The maximum atomic E-state index is 12.7. The molecule has 0 bridgehead atoms. The molecule has 0 saturated heterocycles. The van der Waals surface area contributed by atoms with Gasteiger partial charge in [-0.2, -0.15) is 0 Å². The average Bonchev–Trinajstić information content (AvgIpc) is 3.39. The van der Waals surface area contributed by atoms with Gasteiger partial charge in [-0.1, -0.05) is 36.4 Å². The quantitative estimate of drug-likeness (QED) is 0.787. The molecule has 1 fully saturated rings. The first kappa shape index (κ1) is 16.0. The van der Waals surface area contributed by atoms with Gasteiger partial charge < -0.3 is 10.2 Å². The highest BCUT2D eigenvalue weighted by molar-refractivity contribution is 5.83. The molecule has 122 valence electrons. The van der Waals surface area contributed by atoms with E-state index >= 15 is 0 Å². The molecule has 23 heavy (non-hydrogen) atoms. The van der Waals surface area contributed by atoms with E-state index in [9.17, 15) is 4.79 Å². The van der Waals surface area contributed by atoms with Gasteiger partial charge in [0, 0.05) is 12.5 Å². The monoisotopic (exact) mass is 310 g/mol. The standard InChI is InChI=1S/C20H26N2O/c1-15(17-10-9-16-6-3-4-7-18(16)14-17)22(19-11-12-19)20(23)8-5-13-21-2/h3-4,6-7,9-10,14-15,19,21H,5,8,11-13H2,1-2H3. The second kappa shape index (κ2) is 7.14. The van der Waals surface area contributed by atoms with E-state index in [4.69, 9.17) is 0 Å². The van der Waals surface area contributed by atoms with Crippen molar-refractivity contribution in [1.29, 1.82) is 0 Å². The highest BCUT2D eigenvalue weighted by Crippen LogP contribution is 2.35. The number of carbonyl (C=O) groups is 1. The molecule has 0 aromatic heterocycles. The van der Waals surface area contributed by atoms with E-state index in [2.05, 4.69) is 59.6 Å². The maximum absolute atomic E-state index is 12.7. The zero-order valence-electron chi connectivity index (χ0n) is 14.1. The SMILES string of the molecule is CNCCCC(=O)N(C1CC1)C(C)c1ccc2ccccc2c1. The number of fused-ring (bicyclic) bond motifs is 1. The summed E-state index contributed by atoms with van der Waals surface area (Å²) >= 11 is 0. The van der Waals surface area contributed by atoms with E-state index in [1.807, 2.05) is 7.05 Å². The summed E-state index contributed by atoms with van der Waals surface area (Å²) in [4.78, 5) is 14.8. The summed E-state index contributed by atoms with van der Waals surface area (Å²) in [6, 6.07) is 15.6. The van der Waals surface area contributed by atoms with E-state index in [0.29, 0.717) is 18.4 Å². The van der Waals surface area contributed by atoms with Crippen molar-refractivity contribution in [2.45, 2.75) is 44.7 Å². The van der Waals surface area contributed by atoms with Crippen LogP contribution in [0.5, 0.6) is 0 Å². The number of amides is 1. The van der Waals surface area contributed by atoms with Crippen LogP contribution in [0.2, 0.25) is 0 Å². The third kappa shape index (κ3) is 3.73. The van der Waals surface area contributed by atoms with Crippen molar-refractivity contribution in [2.75, 3.05) is 13.6 Å². The molecule has 3 heteroatoms. The van der Waals surface area contributed by atoms with Crippen LogP contribution in [0.1, 0.15) is 44.2 Å². The van der Waals surface area contributed by atoms with Crippen LogP contribution in [0.15, 0.2) is 42.5 Å². The van der Waals surface area contributed by atoms with Crippen LogP contribution in [0.3, 0.4) is 0 Å². The molecule has 0 radical (unpaired) electrons. The molecule has 2 aromatic rings. The Bertz CT molecular complexity index is 678. The number of rotatable bonds is 7. The lowest BCUT2D eigenvalue weighted by Crippen LogP contribution is -2.35. The molecule has 3 nitrogen and oxygen atoms in total. The maximum Gasteiger partial charge on any atom is 0.223 e. The number of carbonyl (C=O) groups excluding carboxylic acids is 1. The van der Waals surface area contributed by atoms with Gasteiger partial charge in [0.25, 0.3) is 0 Å². The second-order valence-corrected chi connectivity index (χ2v) is 6.52. The van der Waals surface area contributed by atoms with Crippen LogP contribution in [0, 0.1) is 0 Å². The fourth-order valence-electron chi connectivity index (χ4n) is 3.26. The van der Waals surface area contributed by atoms with Crippen LogP contribution in [0.25, 0.3) is 10.8 Å². The Morgan fingerprint density at radius 3 is 2.65 bits per heavy atom. The Morgan fingerprint density at radius 1 is 1.22 bits per heavy atom. The van der Waals surface area contributed by atoms with E-state index in [1.54, 1.807) is 0 Å². The Kier molecular flexibility index (Phi) is 4.97. The first-order valence-corrected chi connectivity index (χ1v) is 8.65. The minimum absolute atomic E-state index is 0.147. The predicted octanol–water partition coefficient (Wildman–Crippen LogP) is 3.89. The number of nitrogens with zero attached hydrogens (tertiary/aromatic N) is 1. The van der Waals surface area contributed by atoms with Crippen molar-refractivity contribution in [3.8, 4) is 0 Å². The van der Waals surface area contributed by atoms with Crippen molar-refractivity contribution >= 4 is 16.7 Å². The minimum Gasteiger partial charge on any atom is -0.333 e. The summed E-state index contributed by atoms with van der Waals surface area (Å²) in [5.41, 5.74) is 1.23. The molecule has 1 saturated carbocycles. The summed E-state index contributed by atoms with van der Waals surface area (Å²) in [7, 11) is 1.93. The molecule has 1 aliphatic carbocycles. The number of hydrogen-bond donors (Lipinski definition) is 1. The smallest absolute Gasteiger partial charge is 0.223 e. The zero-order valence-corrected chi connectivity index (χ0v) is 14.1. The Hall–Kier alpha value is -1.87. The van der Waals surface area contributed by atoms with Gasteiger partial charge in [0.15, 0.2) is 0 Å². The van der Waals surface area contributed by atoms with Gasteiger partial charge in [-0.3, -0.25) is 4.79 Å². The van der Waals surface area contributed by atoms with Gasteiger partial charge in [-0.25, -0.2) is 0 Å². The van der Waals surface area contributed by atoms with Crippen molar-refractivity contribution in [3.63, 3.8) is 0 Å². The first-order chi connectivity index (χ1) is 11.2. The predicted molar refractivity (Wildman–Crippen MR) is 95.4 cm³/mol. The number of nitrogens with one attached hydrogen (secondary N) is 1. The van der Waals surface area contributed by atoms with Crippen molar-refractivity contribution in [2.24, 2.45) is 0 Å². The lowest BCUT2D eigenvalue weighted by Gasteiger charge is -2.30. The Morgan fingerprint density at radius 2 is 1.96 bits per heavy atom. The van der Waals surface area contributed by atoms with Gasteiger partial charge in [0.2, 0.25) is 5.91 Å². The molecular formula is C20H26N2O. The third-order valence-corrected chi connectivity index (χ3v) is 4.72. The molecule has 3 rings (SSSR count). The van der Waals surface area contributed by atoms with E-state index in [-0.39, 0.29) is 6.04 Å². The molecular weight excluding hydrogens is 284 g/mol. The fourth-order valence-corrected chi connectivity index (χ4v) is 3.26. The molecule has 1 N–H and O–H groups in total. The lowest BCUT2D eigenvalue weighted by atomic mass is 10.0. The van der Waals surface area contributed by atoms with E-state index in [1.165, 1.54) is 16.3 Å². The number of hydrogen-bond acceptors (Lipinski definition) is 2. The highest BCUT2D eigenvalue weighted by atomic mass is 16.2. The Balaban J connectivity index is 1.79. The molecule has 2 aromatic carbocycles. The van der Waals surface area contributed by atoms with Crippen LogP contribution in [-0.4, -0.2) is 30.4 Å². The summed E-state index contributed by atoms with van der Waals surface area (Å²) in [6.07, 6.45) is 3.84. The number of benzene rings is 2. The minimum atomic E-state index is 0.147. The van der Waals surface area contributed by atoms with Gasteiger partial charge in [-0.05, 0) is 62.2 Å². The molecule has 0 heterocycles. The largest absolute Gasteiger partial charge is 0.333 e. The van der Waals surface area contributed by atoms with Crippen LogP contribution in [0.4, 0.5) is 0 Å². The van der Waals surface area contributed by atoms with Crippen molar-refractivity contribution in [3.05, 3.63) is 48.0 Å². The lowest BCUT2D eigenvalue weighted by molar-refractivity contribution is -0.134. The second-order valence-electron chi connectivity index (χ2n) is 6.52. The fraction of sp³-hybridized carbons (Fsp3) is 0.450. The third-order valence-electron chi connectivity index (χ3n) is 4.72. The summed E-state index contributed by atoms with van der Waals surface area (Å²) in [5.74, 6) is 0.295. The summed E-state index contributed by atoms with van der Waals surface area (Å²) in [6.45, 7) is 3.06. The molecule has 0 aliphatic heterocycles. The Labute approximate surface area is 138 Å². The van der Waals surface area contributed by atoms with Crippen molar-refractivity contribution in [1.82, 2.24) is 10.2 Å². The van der Waals surface area contributed by atoms with E-state index in [0.717, 1.165) is 25.8 Å². The molecule has 1 amide bonds. The molecule has 0 spiro atoms.